The number of hydrogen-bond acceptors (Lipinski definition) is 7. The van der Waals surface area contributed by atoms with Gasteiger partial charge in [0.25, 0.3) is 0 Å². The van der Waals surface area contributed by atoms with Gasteiger partial charge >= 0.3 is 6.01 Å². The number of nitrogens with one attached hydrogen (secondary N) is 1. The third-order valence-corrected chi connectivity index (χ3v) is 9.97. The van der Waals surface area contributed by atoms with Crippen molar-refractivity contribution in [3.05, 3.63) is 53.0 Å². The standard InChI is InChI=1S/C34H39ClFN7O2/c1-6-26(44)42-14-20(4)43(15-19(42)3)33-23-13-24(35)28(27-18(2)7-10-25-29(27)31(40-39-25)22-8-9-22)30(36)32(23)37-34(38-33)45-17-21-11-12-41(5)16-21/h6-7,10,13,19-22H,1,8-9,11-12,14-17H2,2-5H3,(H,39,40)/t19-,20+,21-/m1/s1. The Kier molecular flexibility index (Phi) is 7.68. The molecular formula is C34H39ClFN7O2. The molecule has 3 atom stereocenters. The molecule has 2 aromatic carbocycles. The number of carbonyl (C=O) groups excluding carboxylic acids is 1. The number of likely N-dealkylation sites (tertiary alicyclic amines) is 1. The van der Waals surface area contributed by atoms with Gasteiger partial charge in [-0.25, -0.2) is 4.39 Å². The summed E-state index contributed by atoms with van der Waals surface area (Å²) >= 11 is 7.05. The molecule has 0 unspecified atom stereocenters. The number of ether oxygens (including phenoxy) is 1. The van der Waals surface area contributed by atoms with Gasteiger partial charge in [0.1, 0.15) is 11.3 Å². The molecular weight excluding hydrogens is 593 g/mol. The van der Waals surface area contributed by atoms with Crippen molar-refractivity contribution in [3.63, 3.8) is 0 Å². The van der Waals surface area contributed by atoms with Crippen molar-refractivity contribution in [3.8, 4) is 17.1 Å². The van der Waals surface area contributed by atoms with Crippen LogP contribution in [0.15, 0.2) is 30.9 Å². The van der Waals surface area contributed by atoms with E-state index >= 15 is 4.39 Å². The maximum absolute atomic E-state index is 17.1. The number of aryl methyl sites for hydroxylation is 1. The predicted octanol–water partition coefficient (Wildman–Crippen LogP) is 6.09. The fourth-order valence-electron chi connectivity index (χ4n) is 7.09. The Morgan fingerprint density at radius 1 is 1.16 bits per heavy atom. The summed E-state index contributed by atoms with van der Waals surface area (Å²) in [5.41, 5.74) is 3.94. The van der Waals surface area contributed by atoms with E-state index in [4.69, 9.17) is 26.3 Å². The maximum Gasteiger partial charge on any atom is 0.319 e. The second-order valence-electron chi connectivity index (χ2n) is 13.1. The number of aromatic amines is 1. The average Bonchev–Trinajstić information content (AvgIpc) is 3.64. The molecule has 0 radical (unpaired) electrons. The Balaban J connectivity index is 1.38. The van der Waals surface area contributed by atoms with Gasteiger partial charge in [0.2, 0.25) is 5.91 Å². The van der Waals surface area contributed by atoms with Crippen molar-refractivity contribution in [2.45, 2.75) is 58.0 Å². The Labute approximate surface area is 267 Å². The quantitative estimate of drug-likeness (QED) is 0.247. The van der Waals surface area contributed by atoms with E-state index in [0.717, 1.165) is 60.1 Å². The monoisotopic (exact) mass is 631 g/mol. The molecule has 2 aliphatic heterocycles. The van der Waals surface area contributed by atoms with Gasteiger partial charge in [0.05, 0.1) is 22.8 Å². The molecule has 0 spiro atoms. The zero-order valence-corrected chi connectivity index (χ0v) is 27.0. The Morgan fingerprint density at radius 3 is 2.67 bits per heavy atom. The normalized spacial score (nSPS) is 22.5. The zero-order valence-electron chi connectivity index (χ0n) is 26.2. The molecule has 4 aromatic rings. The summed E-state index contributed by atoms with van der Waals surface area (Å²) in [5.74, 6) is 0.637. The minimum atomic E-state index is -0.508. The average molecular weight is 632 g/mol. The Bertz CT molecular complexity index is 1820. The van der Waals surface area contributed by atoms with E-state index in [1.165, 1.54) is 6.08 Å². The highest BCUT2D eigenvalue weighted by Crippen LogP contribution is 2.48. The number of hydrogen-bond donors (Lipinski definition) is 1. The molecule has 3 aliphatic rings. The van der Waals surface area contributed by atoms with E-state index in [1.807, 2.05) is 37.8 Å². The third kappa shape index (κ3) is 5.31. The third-order valence-electron chi connectivity index (χ3n) is 9.68. The summed E-state index contributed by atoms with van der Waals surface area (Å²) in [4.78, 5) is 28.3. The molecule has 1 saturated carbocycles. The number of fused-ring (bicyclic) bond motifs is 2. The van der Waals surface area contributed by atoms with E-state index < -0.39 is 5.82 Å². The molecule has 236 valence electrons. The van der Waals surface area contributed by atoms with E-state index in [9.17, 15) is 4.79 Å². The van der Waals surface area contributed by atoms with Crippen LogP contribution >= 0.6 is 11.6 Å². The molecule has 0 bridgehead atoms. The Hall–Kier alpha value is -3.76. The van der Waals surface area contributed by atoms with Crippen LogP contribution in [-0.2, 0) is 4.79 Å². The summed E-state index contributed by atoms with van der Waals surface area (Å²) < 4.78 is 23.4. The first-order valence-corrected chi connectivity index (χ1v) is 16.2. The minimum absolute atomic E-state index is 0.107. The number of benzene rings is 2. The molecule has 3 fully saturated rings. The lowest BCUT2D eigenvalue weighted by Gasteiger charge is -2.44. The maximum atomic E-state index is 17.1. The smallest absolute Gasteiger partial charge is 0.319 e. The molecule has 11 heteroatoms. The van der Waals surface area contributed by atoms with Crippen LogP contribution in [0.1, 0.15) is 50.3 Å². The van der Waals surface area contributed by atoms with Crippen molar-refractivity contribution >= 4 is 45.1 Å². The van der Waals surface area contributed by atoms with Gasteiger partial charge in [-0.1, -0.05) is 24.2 Å². The first kappa shape index (κ1) is 29.9. The number of amides is 1. The summed E-state index contributed by atoms with van der Waals surface area (Å²) in [6.45, 7) is 13.0. The van der Waals surface area contributed by atoms with E-state index in [1.54, 1.807) is 6.07 Å². The number of piperazine rings is 1. The van der Waals surface area contributed by atoms with Gasteiger partial charge in [-0.05, 0) is 77.4 Å². The van der Waals surface area contributed by atoms with Crippen molar-refractivity contribution in [2.24, 2.45) is 5.92 Å². The molecule has 7 rings (SSSR count). The zero-order chi connectivity index (χ0) is 31.6. The molecule has 9 nitrogen and oxygen atoms in total. The van der Waals surface area contributed by atoms with Crippen LogP contribution in [0.5, 0.6) is 6.01 Å². The first-order chi connectivity index (χ1) is 21.6. The summed E-state index contributed by atoms with van der Waals surface area (Å²) in [7, 11) is 2.10. The van der Waals surface area contributed by atoms with Crippen LogP contribution in [0.3, 0.4) is 0 Å². The van der Waals surface area contributed by atoms with Crippen LogP contribution in [-0.4, -0.2) is 87.8 Å². The lowest BCUT2D eigenvalue weighted by molar-refractivity contribution is -0.128. The minimum Gasteiger partial charge on any atom is -0.463 e. The fourth-order valence-corrected chi connectivity index (χ4v) is 7.38. The number of H-pyrrole nitrogens is 1. The Morgan fingerprint density at radius 2 is 1.96 bits per heavy atom. The molecule has 2 saturated heterocycles. The van der Waals surface area contributed by atoms with E-state index in [0.29, 0.717) is 48.3 Å². The predicted molar refractivity (Wildman–Crippen MR) is 176 cm³/mol. The summed E-state index contributed by atoms with van der Waals surface area (Å²) in [6, 6.07) is 5.67. The van der Waals surface area contributed by atoms with Crippen LogP contribution < -0.4 is 9.64 Å². The second-order valence-corrected chi connectivity index (χ2v) is 13.5. The molecule has 1 N–H and O–H groups in total. The van der Waals surface area contributed by atoms with Gasteiger partial charge in [-0.3, -0.25) is 9.89 Å². The van der Waals surface area contributed by atoms with Crippen LogP contribution in [0, 0.1) is 18.7 Å². The highest BCUT2D eigenvalue weighted by Gasteiger charge is 2.35. The number of aromatic nitrogens is 4. The molecule has 45 heavy (non-hydrogen) atoms. The van der Waals surface area contributed by atoms with Gasteiger partial charge in [0.15, 0.2) is 5.82 Å². The fraction of sp³-hybridized carbons (Fsp3) is 0.471. The second kappa shape index (κ2) is 11.6. The van der Waals surface area contributed by atoms with Crippen molar-refractivity contribution in [1.82, 2.24) is 30.0 Å². The highest BCUT2D eigenvalue weighted by atomic mass is 35.5. The van der Waals surface area contributed by atoms with Gasteiger partial charge in [-0.2, -0.15) is 15.1 Å². The van der Waals surface area contributed by atoms with Crippen molar-refractivity contribution < 1.29 is 13.9 Å². The number of anilines is 1. The number of rotatable bonds is 7. The lowest BCUT2D eigenvalue weighted by Crippen LogP contribution is -2.58. The van der Waals surface area contributed by atoms with Gasteiger partial charge in [-0.15, -0.1) is 0 Å². The van der Waals surface area contributed by atoms with Crippen LogP contribution in [0.25, 0.3) is 32.9 Å². The number of carbonyl (C=O) groups is 1. The molecule has 2 aromatic heterocycles. The van der Waals surface area contributed by atoms with E-state index in [-0.39, 0.29) is 34.5 Å². The molecule has 1 amide bonds. The van der Waals surface area contributed by atoms with Crippen molar-refractivity contribution in [1.29, 1.82) is 0 Å². The number of nitrogens with zero attached hydrogens (tertiary/aromatic N) is 6. The SMILES string of the molecule is C=CC(=O)N1C[C@H](C)N(c2nc(OC[C@@H]3CCN(C)C3)nc3c(F)c(-c4c(C)ccc5[nH]nc(C6CC6)c45)c(Cl)cc23)C[C@H]1C. The number of halogens is 2. The highest BCUT2D eigenvalue weighted by molar-refractivity contribution is 6.35. The van der Waals surface area contributed by atoms with Crippen LogP contribution in [0.2, 0.25) is 5.02 Å². The largest absolute Gasteiger partial charge is 0.463 e. The lowest BCUT2D eigenvalue weighted by atomic mass is 9.93. The topological polar surface area (TPSA) is 90.5 Å². The van der Waals surface area contributed by atoms with Gasteiger partial charge < -0.3 is 19.4 Å². The summed E-state index contributed by atoms with van der Waals surface area (Å²) in [5, 5.41) is 9.48. The van der Waals surface area contributed by atoms with Crippen LogP contribution in [0.4, 0.5) is 10.2 Å². The summed E-state index contributed by atoms with van der Waals surface area (Å²) in [6.07, 6.45) is 4.50. The van der Waals surface area contributed by atoms with Crippen molar-refractivity contribution in [2.75, 3.05) is 44.7 Å². The molecule has 1 aliphatic carbocycles. The van der Waals surface area contributed by atoms with Gasteiger partial charge in [0, 0.05) is 65.5 Å². The first-order valence-electron chi connectivity index (χ1n) is 15.8. The molecule has 4 heterocycles. The van der Waals surface area contributed by atoms with E-state index in [2.05, 4.69) is 33.6 Å².